The monoisotopic (exact) mass is 408 g/mol. The van der Waals surface area contributed by atoms with Gasteiger partial charge in [-0.15, -0.1) is 0 Å². The molecular weight excluding hydrogens is 372 g/mol. The molecule has 8 heteroatoms. The number of nitrogens with two attached hydrogens (primary N) is 2. The van der Waals surface area contributed by atoms with E-state index in [1.807, 2.05) is 20.8 Å². The van der Waals surface area contributed by atoms with E-state index in [0.29, 0.717) is 18.9 Å². The van der Waals surface area contributed by atoms with Gasteiger partial charge in [0.2, 0.25) is 17.7 Å². The molecule has 6 atom stereocenters. The van der Waals surface area contributed by atoms with E-state index in [2.05, 4.69) is 19.2 Å². The molecule has 1 saturated heterocycles. The summed E-state index contributed by atoms with van der Waals surface area (Å²) in [6.45, 7) is 10.4. The van der Waals surface area contributed by atoms with Crippen LogP contribution in [0, 0.1) is 28.6 Å². The number of carbonyl (C=O) groups is 3. The van der Waals surface area contributed by atoms with Crippen LogP contribution in [0.4, 0.5) is 0 Å². The molecule has 1 aliphatic heterocycles. The number of hydrogen-bond acceptors (Lipinski definition) is 5. The van der Waals surface area contributed by atoms with Crippen LogP contribution in [0.3, 0.4) is 0 Å². The predicted molar refractivity (Wildman–Crippen MR) is 108 cm³/mol. The molecule has 6 N–H and O–H groups in total. The average Bonchev–Trinajstić information content (AvgIpc) is 3.45. The van der Waals surface area contributed by atoms with Crippen molar-refractivity contribution in [1.29, 1.82) is 0 Å². The molecule has 5 unspecified atom stereocenters. The van der Waals surface area contributed by atoms with E-state index >= 15 is 0 Å². The van der Waals surface area contributed by atoms with Gasteiger partial charge in [-0.25, -0.2) is 0 Å². The van der Waals surface area contributed by atoms with Crippen LogP contribution in [0.15, 0.2) is 0 Å². The molecule has 3 rings (SSSR count). The number of aliphatic hydroxyl groups is 1. The Hall–Kier alpha value is -1.67. The lowest BCUT2D eigenvalue weighted by Gasteiger charge is -2.36. The maximum Gasteiger partial charge on any atom is 0.248 e. The molecule has 2 aliphatic carbocycles. The molecule has 0 radical (unpaired) electrons. The summed E-state index contributed by atoms with van der Waals surface area (Å²) in [5, 5.41) is 13.1. The minimum Gasteiger partial charge on any atom is -0.381 e. The van der Waals surface area contributed by atoms with Crippen LogP contribution in [0.2, 0.25) is 0 Å². The van der Waals surface area contributed by atoms with Crippen LogP contribution in [-0.4, -0.2) is 58.5 Å². The summed E-state index contributed by atoms with van der Waals surface area (Å²) in [7, 11) is 0. The number of piperidine rings is 1. The molecule has 29 heavy (non-hydrogen) atoms. The number of nitrogens with one attached hydrogen (secondary N) is 1. The van der Waals surface area contributed by atoms with Crippen molar-refractivity contribution < 1.29 is 19.5 Å². The number of amides is 3. The van der Waals surface area contributed by atoms with Crippen molar-refractivity contribution in [2.75, 3.05) is 6.54 Å². The molecule has 3 aliphatic rings. The lowest BCUT2D eigenvalue weighted by Crippen LogP contribution is -2.59. The van der Waals surface area contributed by atoms with Crippen molar-refractivity contribution in [2.45, 2.75) is 78.1 Å². The Labute approximate surface area is 172 Å². The number of nitrogens with zero attached hydrogens (tertiary/aromatic N) is 1. The standard InChI is InChI=1S/C21H36N4O4/c1-20(2,3)16(22)19(29)25-9-11-13(21(11,4)5)14(25)18(28)24-12(8-10-6-7-10)15(26)17(23)27/h10-16,26H,6-9,22H2,1-5H3,(H2,23,27)(H,24,28)/t11?,12?,13?,14?,15?,16-/m1/s1. The van der Waals surface area contributed by atoms with Crippen LogP contribution in [0.5, 0.6) is 0 Å². The topological polar surface area (TPSA) is 139 Å². The van der Waals surface area contributed by atoms with Crippen molar-refractivity contribution in [1.82, 2.24) is 10.2 Å². The fourth-order valence-electron chi connectivity index (χ4n) is 4.81. The normalized spacial score (nSPS) is 30.9. The highest BCUT2D eigenvalue weighted by molar-refractivity contribution is 5.92. The van der Waals surface area contributed by atoms with Crippen LogP contribution in [-0.2, 0) is 14.4 Å². The molecule has 0 bridgehead atoms. The molecule has 3 fully saturated rings. The van der Waals surface area contributed by atoms with E-state index in [1.54, 1.807) is 4.90 Å². The van der Waals surface area contributed by atoms with E-state index < -0.39 is 35.6 Å². The van der Waals surface area contributed by atoms with Crippen molar-refractivity contribution in [2.24, 2.45) is 40.1 Å². The van der Waals surface area contributed by atoms with E-state index in [9.17, 15) is 19.5 Å². The van der Waals surface area contributed by atoms with E-state index in [4.69, 9.17) is 11.5 Å². The van der Waals surface area contributed by atoms with Gasteiger partial charge in [-0.2, -0.15) is 0 Å². The molecular formula is C21H36N4O4. The van der Waals surface area contributed by atoms with Crippen molar-refractivity contribution in [3.63, 3.8) is 0 Å². The maximum absolute atomic E-state index is 13.3. The summed E-state index contributed by atoms with van der Waals surface area (Å²) in [4.78, 5) is 39.5. The third-order valence-electron chi connectivity index (χ3n) is 7.24. The first kappa shape index (κ1) is 22.0. The number of primary amides is 1. The van der Waals surface area contributed by atoms with Gasteiger partial charge < -0.3 is 26.8 Å². The van der Waals surface area contributed by atoms with Gasteiger partial charge in [0, 0.05) is 6.54 Å². The van der Waals surface area contributed by atoms with Crippen LogP contribution in [0.1, 0.15) is 53.9 Å². The first-order valence-corrected chi connectivity index (χ1v) is 10.6. The largest absolute Gasteiger partial charge is 0.381 e. The van der Waals surface area contributed by atoms with E-state index in [0.717, 1.165) is 12.8 Å². The molecule has 1 heterocycles. The molecule has 8 nitrogen and oxygen atoms in total. The van der Waals surface area contributed by atoms with E-state index in [-0.39, 0.29) is 29.1 Å². The fourth-order valence-corrected chi connectivity index (χ4v) is 4.81. The van der Waals surface area contributed by atoms with E-state index in [1.165, 1.54) is 0 Å². The highest BCUT2D eigenvalue weighted by atomic mass is 16.3. The second-order valence-electron chi connectivity index (χ2n) is 10.9. The minimum absolute atomic E-state index is 0.0289. The smallest absolute Gasteiger partial charge is 0.248 e. The molecule has 0 spiro atoms. The zero-order valence-corrected chi connectivity index (χ0v) is 18.1. The molecule has 0 aromatic heterocycles. The first-order valence-electron chi connectivity index (χ1n) is 10.6. The quantitative estimate of drug-likeness (QED) is 0.469. The lowest BCUT2D eigenvalue weighted by atomic mass is 9.86. The number of rotatable bonds is 7. The predicted octanol–water partition coefficient (Wildman–Crippen LogP) is -0.0261. The zero-order valence-electron chi connectivity index (χ0n) is 18.1. The highest BCUT2D eigenvalue weighted by Gasteiger charge is 2.69. The van der Waals surface area contributed by atoms with Gasteiger partial charge in [0.25, 0.3) is 0 Å². The first-order chi connectivity index (χ1) is 13.3. The number of likely N-dealkylation sites (tertiary alicyclic amines) is 1. The summed E-state index contributed by atoms with van der Waals surface area (Å²) in [5.74, 6) is -0.730. The molecule has 2 saturated carbocycles. The second kappa shape index (κ2) is 7.23. The third kappa shape index (κ3) is 4.14. The van der Waals surface area contributed by atoms with Gasteiger partial charge in [0.15, 0.2) is 6.10 Å². The Bertz CT molecular complexity index is 697. The Balaban J connectivity index is 1.79. The zero-order chi connectivity index (χ0) is 21.9. The number of fused-ring (bicyclic) bond motifs is 1. The summed E-state index contributed by atoms with van der Waals surface area (Å²) in [5.41, 5.74) is 11.0. The van der Waals surface area contributed by atoms with Crippen LogP contribution in [0.25, 0.3) is 0 Å². The Kier molecular flexibility index (Phi) is 5.49. The fraction of sp³-hybridized carbons (Fsp3) is 0.857. The van der Waals surface area contributed by atoms with Gasteiger partial charge in [0.1, 0.15) is 6.04 Å². The Morgan fingerprint density at radius 3 is 2.31 bits per heavy atom. The number of hydrogen-bond donors (Lipinski definition) is 4. The third-order valence-corrected chi connectivity index (χ3v) is 7.24. The van der Waals surface area contributed by atoms with Crippen molar-refractivity contribution >= 4 is 17.7 Å². The maximum atomic E-state index is 13.3. The highest BCUT2D eigenvalue weighted by Crippen LogP contribution is 2.65. The molecule has 164 valence electrons. The van der Waals surface area contributed by atoms with Gasteiger partial charge in [-0.05, 0) is 35.0 Å². The minimum atomic E-state index is -1.44. The molecule has 0 aromatic rings. The molecule has 0 aromatic carbocycles. The Morgan fingerprint density at radius 1 is 1.24 bits per heavy atom. The van der Waals surface area contributed by atoms with Gasteiger partial charge >= 0.3 is 0 Å². The number of aliphatic hydroxyl groups excluding tert-OH is 1. The summed E-state index contributed by atoms with van der Waals surface area (Å²) >= 11 is 0. The molecule has 3 amide bonds. The Morgan fingerprint density at radius 2 is 1.83 bits per heavy atom. The van der Waals surface area contributed by atoms with Gasteiger partial charge in [-0.3, -0.25) is 14.4 Å². The van der Waals surface area contributed by atoms with Crippen LogP contribution < -0.4 is 16.8 Å². The van der Waals surface area contributed by atoms with Crippen molar-refractivity contribution in [3.05, 3.63) is 0 Å². The second-order valence-corrected chi connectivity index (χ2v) is 10.9. The SMILES string of the molecule is CC1(C)C2CN(C(=O)[C@@H](N)C(C)(C)C)C(C(=O)NC(CC3CC3)C(O)C(N)=O)C21. The summed E-state index contributed by atoms with van der Waals surface area (Å²) in [6, 6.07) is -2.09. The lowest BCUT2D eigenvalue weighted by molar-refractivity contribution is -0.144. The van der Waals surface area contributed by atoms with Gasteiger partial charge in [-0.1, -0.05) is 47.5 Å². The summed E-state index contributed by atoms with van der Waals surface area (Å²) in [6.07, 6.45) is 1.11. The van der Waals surface area contributed by atoms with Crippen LogP contribution >= 0.6 is 0 Å². The summed E-state index contributed by atoms with van der Waals surface area (Å²) < 4.78 is 0. The van der Waals surface area contributed by atoms with Gasteiger partial charge in [0.05, 0.1) is 12.1 Å². The van der Waals surface area contributed by atoms with Crippen molar-refractivity contribution in [3.8, 4) is 0 Å². The average molecular weight is 409 g/mol. The number of carbonyl (C=O) groups excluding carboxylic acids is 3.